The van der Waals surface area contributed by atoms with Crippen molar-refractivity contribution in [1.82, 2.24) is 8.61 Å². The third-order valence-corrected chi connectivity index (χ3v) is 18.2. The predicted molar refractivity (Wildman–Crippen MR) is 182 cm³/mol. The Labute approximate surface area is 281 Å². The van der Waals surface area contributed by atoms with Gasteiger partial charge in [0.1, 0.15) is 0 Å². The number of nitrogens with zero attached hydrogens (tertiary/aromatic N) is 2. The Hall–Kier alpha value is -2.46. The van der Waals surface area contributed by atoms with Crippen molar-refractivity contribution in [1.29, 1.82) is 0 Å². The van der Waals surface area contributed by atoms with E-state index in [4.69, 9.17) is 0 Å². The predicted octanol–water partition coefficient (Wildman–Crippen LogP) is 5.72. The van der Waals surface area contributed by atoms with Crippen molar-refractivity contribution in [2.45, 2.75) is 98.1 Å². The van der Waals surface area contributed by atoms with E-state index in [9.17, 15) is 26.4 Å². The van der Waals surface area contributed by atoms with Gasteiger partial charge in [-0.3, -0.25) is 9.59 Å². The van der Waals surface area contributed by atoms with Crippen molar-refractivity contribution in [2.75, 3.05) is 11.5 Å². The van der Waals surface area contributed by atoms with Crippen LogP contribution in [0, 0.1) is 45.3 Å². The topological polar surface area (TPSA) is 109 Å². The number of allylic oxidation sites excluding steroid dienone is 1. The second-order valence-electron chi connectivity index (χ2n) is 17.0. The van der Waals surface area contributed by atoms with Crippen LogP contribution < -0.4 is 0 Å². The molecule has 8 nitrogen and oxygen atoms in total. The molecule has 0 radical (unpaired) electrons. The van der Waals surface area contributed by atoms with E-state index in [-0.39, 0.29) is 47.3 Å². The van der Waals surface area contributed by atoms with Crippen molar-refractivity contribution < 1.29 is 26.4 Å². The van der Waals surface area contributed by atoms with Crippen molar-refractivity contribution in [3.05, 3.63) is 60.2 Å². The maximum Gasteiger partial charge on any atom is 0.243 e. The van der Waals surface area contributed by atoms with Gasteiger partial charge in [0.25, 0.3) is 0 Å². The fraction of sp³-hybridized carbons (Fsp3) is 0.676. The van der Waals surface area contributed by atoms with Gasteiger partial charge in [-0.15, -0.1) is 6.58 Å². The smallest absolute Gasteiger partial charge is 0.243 e. The minimum Gasteiger partial charge on any atom is -0.273 e. The number of carbonyl (C=O) groups excluding carboxylic acids is 2. The normalized spacial score (nSPS) is 37.6. The van der Waals surface area contributed by atoms with Gasteiger partial charge in [0.2, 0.25) is 31.9 Å². The Morgan fingerprint density at radius 2 is 1.26 bits per heavy atom. The Kier molecular flexibility index (Phi) is 7.40. The first-order valence-corrected chi connectivity index (χ1v) is 20.6. The third kappa shape index (κ3) is 4.55. The third-order valence-electron chi connectivity index (χ3n) is 14.3. The minimum absolute atomic E-state index is 0.00810. The first-order chi connectivity index (χ1) is 21.9. The molecule has 4 bridgehead atoms. The number of amides is 2. The van der Waals surface area contributed by atoms with Crippen molar-refractivity contribution in [3.8, 4) is 0 Å². The van der Waals surface area contributed by atoms with Gasteiger partial charge in [0.15, 0.2) is 0 Å². The number of carbonyl (C=O) groups is 2. The fourth-order valence-electron chi connectivity index (χ4n) is 11.5. The van der Waals surface area contributed by atoms with Gasteiger partial charge < -0.3 is 0 Å². The molecule has 7 rings (SSSR count). The van der Waals surface area contributed by atoms with Gasteiger partial charge in [0.05, 0.1) is 35.4 Å². The van der Waals surface area contributed by atoms with E-state index in [0.717, 1.165) is 36.8 Å². The van der Waals surface area contributed by atoms with E-state index in [1.54, 1.807) is 12.2 Å². The van der Waals surface area contributed by atoms with E-state index in [1.165, 1.54) is 8.61 Å². The lowest BCUT2D eigenvalue weighted by Gasteiger charge is -2.37. The summed E-state index contributed by atoms with van der Waals surface area (Å²) in [4.78, 5) is 28.9. The summed E-state index contributed by atoms with van der Waals surface area (Å²) in [6.07, 6.45) is 8.81. The van der Waals surface area contributed by atoms with E-state index < -0.39 is 54.5 Å². The van der Waals surface area contributed by atoms with Crippen LogP contribution in [0.2, 0.25) is 0 Å². The lowest BCUT2D eigenvalue weighted by Crippen LogP contribution is -2.46. The van der Waals surface area contributed by atoms with Crippen LogP contribution in [0.1, 0.15) is 85.1 Å². The Bertz CT molecular complexity index is 1770. The molecule has 2 aliphatic heterocycles. The maximum absolute atomic E-state index is 14.5. The average molecular weight is 683 g/mol. The number of hydrogen-bond donors (Lipinski definition) is 0. The van der Waals surface area contributed by atoms with Gasteiger partial charge in [-0.1, -0.05) is 75.8 Å². The number of hydrogen-bond acceptors (Lipinski definition) is 6. The summed E-state index contributed by atoms with van der Waals surface area (Å²) in [7, 11) is -7.68. The summed E-state index contributed by atoms with van der Waals surface area (Å²) < 4.78 is 57.6. The van der Waals surface area contributed by atoms with Crippen LogP contribution in [0.4, 0.5) is 0 Å². The molecule has 3 unspecified atom stereocenters. The zero-order valence-corrected chi connectivity index (χ0v) is 30.1. The molecule has 256 valence electrons. The first-order valence-electron chi connectivity index (χ1n) is 17.4. The summed E-state index contributed by atoms with van der Waals surface area (Å²) in [5.41, 5.74) is 0.387. The lowest BCUT2D eigenvalue weighted by atomic mass is 9.69. The molecular weight excluding hydrogens is 633 g/mol. The highest BCUT2D eigenvalue weighted by Gasteiger charge is 2.73. The van der Waals surface area contributed by atoms with Crippen LogP contribution in [0.25, 0.3) is 0 Å². The zero-order valence-electron chi connectivity index (χ0n) is 28.4. The SMILES string of the molecule is C=C(C)C[C@@H](/C=C/[C@H](Cc1ccccc1)C(=O)N1[C@H]2CC3CC[C@@]2(CS1(=O)=O)C3(C)C)C(=O)N1[C@H]2CC3CCC2(CS1(=O)=O)C3(C)C. The highest BCUT2D eigenvalue weighted by Crippen LogP contribution is 2.71. The molecule has 6 fully saturated rings. The molecule has 2 amide bonds. The Balaban J connectivity index is 1.23. The fourth-order valence-corrected chi connectivity index (χ4v) is 16.6. The molecule has 2 heterocycles. The second-order valence-corrected chi connectivity index (χ2v) is 20.7. The molecule has 0 aromatic heterocycles. The highest BCUT2D eigenvalue weighted by molar-refractivity contribution is 7.90. The van der Waals surface area contributed by atoms with Crippen molar-refractivity contribution >= 4 is 31.9 Å². The Morgan fingerprint density at radius 1 is 0.809 bits per heavy atom. The van der Waals surface area contributed by atoms with Crippen LogP contribution >= 0.6 is 0 Å². The highest BCUT2D eigenvalue weighted by atomic mass is 32.2. The molecule has 6 aliphatic rings. The molecule has 10 heteroatoms. The molecule has 0 N–H and O–H groups in total. The summed E-state index contributed by atoms with van der Waals surface area (Å²) >= 11 is 0. The second kappa shape index (κ2) is 10.5. The molecule has 1 aromatic carbocycles. The monoisotopic (exact) mass is 682 g/mol. The van der Waals surface area contributed by atoms with E-state index in [2.05, 4.69) is 34.3 Å². The quantitative estimate of drug-likeness (QED) is 0.325. The minimum atomic E-state index is -3.85. The number of benzene rings is 1. The van der Waals surface area contributed by atoms with Gasteiger partial charge in [-0.2, -0.15) is 0 Å². The van der Waals surface area contributed by atoms with Crippen LogP contribution in [-0.2, 0) is 36.1 Å². The van der Waals surface area contributed by atoms with Gasteiger partial charge in [-0.25, -0.2) is 25.4 Å². The van der Waals surface area contributed by atoms with Crippen molar-refractivity contribution in [2.24, 2.45) is 45.3 Å². The standard InChI is InChI=1S/C37H50N2O6S2/c1-24(2)18-26(32(40)38-30-20-28-14-16-36(30,34(28,3)4)22-46(38,42)43)12-13-27(19-25-10-8-7-9-11-25)33(41)39-31-21-29-15-17-37(31,35(29,5)6)23-47(39,44)45/h7-13,26-31H,1,14-23H2,2-6H3/b13-12+/t26-,27-,28?,29?,30+,31+,36?,37+/m1/s1. The first kappa shape index (κ1) is 33.1. The number of sulfonamides is 2. The molecule has 47 heavy (non-hydrogen) atoms. The molecular formula is C37H50N2O6S2. The van der Waals surface area contributed by atoms with E-state index in [1.807, 2.05) is 37.3 Å². The van der Waals surface area contributed by atoms with Crippen LogP contribution in [0.15, 0.2) is 54.6 Å². The van der Waals surface area contributed by atoms with Gasteiger partial charge >= 0.3 is 0 Å². The van der Waals surface area contributed by atoms with Crippen LogP contribution in [0.3, 0.4) is 0 Å². The molecule has 1 aromatic rings. The number of rotatable bonds is 8. The molecule has 2 saturated heterocycles. The van der Waals surface area contributed by atoms with Gasteiger partial charge in [-0.05, 0) is 86.5 Å². The van der Waals surface area contributed by atoms with E-state index in [0.29, 0.717) is 24.7 Å². The number of fused-ring (bicyclic) bond motifs is 2. The zero-order chi connectivity index (χ0) is 33.9. The molecule has 8 atom stereocenters. The Morgan fingerprint density at radius 3 is 1.70 bits per heavy atom. The van der Waals surface area contributed by atoms with Gasteiger partial charge in [0, 0.05) is 10.8 Å². The summed E-state index contributed by atoms with van der Waals surface area (Å²) in [5, 5.41) is 0. The molecule has 4 saturated carbocycles. The van der Waals surface area contributed by atoms with Crippen LogP contribution in [0.5, 0.6) is 0 Å². The average Bonchev–Trinajstić information content (AvgIpc) is 3.67. The van der Waals surface area contributed by atoms with Crippen molar-refractivity contribution in [3.63, 3.8) is 0 Å². The molecule has 4 aliphatic carbocycles. The largest absolute Gasteiger partial charge is 0.273 e. The summed E-state index contributed by atoms with van der Waals surface area (Å²) in [5.74, 6) is -1.87. The van der Waals surface area contributed by atoms with Crippen LogP contribution in [-0.4, -0.2) is 60.8 Å². The summed E-state index contributed by atoms with van der Waals surface area (Å²) in [6, 6.07) is 8.78. The summed E-state index contributed by atoms with van der Waals surface area (Å²) in [6.45, 7) is 14.5. The lowest BCUT2D eigenvalue weighted by molar-refractivity contribution is -0.133. The maximum atomic E-state index is 14.5. The van der Waals surface area contributed by atoms with E-state index >= 15 is 0 Å². The molecule has 2 spiro atoms.